The van der Waals surface area contributed by atoms with Gasteiger partial charge < -0.3 is 14.8 Å². The summed E-state index contributed by atoms with van der Waals surface area (Å²) in [7, 11) is -3.76. The van der Waals surface area contributed by atoms with Crippen LogP contribution in [0, 0.1) is 0 Å². The van der Waals surface area contributed by atoms with E-state index in [1.165, 1.54) is 28.8 Å². The molecule has 1 aromatic heterocycles. The van der Waals surface area contributed by atoms with Crippen molar-refractivity contribution in [2.24, 2.45) is 0 Å². The summed E-state index contributed by atoms with van der Waals surface area (Å²) >= 11 is 6.11. The molecular formula is C18H21ClN2O5S. The number of carbonyl (C=O) groups excluding carboxylic acids is 1. The number of amides is 1. The summed E-state index contributed by atoms with van der Waals surface area (Å²) in [5.41, 5.74) is 0.154. The largest absolute Gasteiger partial charge is 0.467 e. The van der Waals surface area contributed by atoms with Gasteiger partial charge in [0.25, 0.3) is 5.91 Å². The second kappa shape index (κ2) is 8.43. The summed E-state index contributed by atoms with van der Waals surface area (Å²) in [6.45, 7) is 0.831. The summed E-state index contributed by atoms with van der Waals surface area (Å²) < 4.78 is 32.2. The lowest BCUT2D eigenvalue weighted by atomic mass is 10.2. The standard InChI is InChI=1S/C18H21ClN2O5S/c19-14-7-6-13(18(23)20-12-15(22)16-5-4-10-26-16)11-17(14)27(24,25)21-8-2-1-3-9-21/h4-7,10-11,15,22H,1-3,8-9,12H2,(H,20,23). The fourth-order valence-electron chi connectivity index (χ4n) is 2.96. The summed E-state index contributed by atoms with van der Waals surface area (Å²) in [5, 5.41) is 12.6. The molecule has 1 unspecified atom stereocenters. The van der Waals surface area contributed by atoms with Crippen molar-refractivity contribution in [1.82, 2.24) is 9.62 Å². The molecule has 27 heavy (non-hydrogen) atoms. The summed E-state index contributed by atoms with van der Waals surface area (Å²) in [6, 6.07) is 7.36. The van der Waals surface area contributed by atoms with E-state index in [2.05, 4.69) is 5.32 Å². The molecule has 9 heteroatoms. The monoisotopic (exact) mass is 412 g/mol. The third kappa shape index (κ3) is 4.52. The SMILES string of the molecule is O=C(NCC(O)c1ccco1)c1ccc(Cl)c(S(=O)(=O)N2CCCCC2)c1. The Morgan fingerprint density at radius 1 is 1.26 bits per heavy atom. The molecule has 1 atom stereocenters. The van der Waals surface area contributed by atoms with Crippen molar-refractivity contribution in [2.75, 3.05) is 19.6 Å². The Hall–Kier alpha value is -1.87. The van der Waals surface area contributed by atoms with Crippen LogP contribution in [0.25, 0.3) is 0 Å². The summed E-state index contributed by atoms with van der Waals surface area (Å²) in [4.78, 5) is 12.3. The van der Waals surface area contributed by atoms with Crippen LogP contribution in [0.5, 0.6) is 0 Å². The lowest BCUT2D eigenvalue weighted by Gasteiger charge is -2.26. The van der Waals surface area contributed by atoms with Crippen LogP contribution in [0.2, 0.25) is 5.02 Å². The van der Waals surface area contributed by atoms with E-state index in [0.717, 1.165) is 19.3 Å². The first-order valence-electron chi connectivity index (χ1n) is 8.69. The van der Waals surface area contributed by atoms with Crippen molar-refractivity contribution in [2.45, 2.75) is 30.3 Å². The van der Waals surface area contributed by atoms with Crippen molar-refractivity contribution >= 4 is 27.5 Å². The van der Waals surface area contributed by atoms with E-state index in [1.54, 1.807) is 12.1 Å². The van der Waals surface area contributed by atoms with Gasteiger partial charge in [-0.2, -0.15) is 4.31 Å². The van der Waals surface area contributed by atoms with E-state index in [-0.39, 0.29) is 22.0 Å². The minimum Gasteiger partial charge on any atom is -0.467 e. The van der Waals surface area contributed by atoms with Crippen molar-refractivity contribution in [1.29, 1.82) is 0 Å². The average Bonchev–Trinajstić information content (AvgIpc) is 3.21. The number of nitrogens with one attached hydrogen (secondary N) is 1. The lowest BCUT2D eigenvalue weighted by Crippen LogP contribution is -2.36. The van der Waals surface area contributed by atoms with Crippen LogP contribution in [0.1, 0.15) is 41.5 Å². The van der Waals surface area contributed by atoms with Crippen LogP contribution in [0.4, 0.5) is 0 Å². The molecular weight excluding hydrogens is 392 g/mol. The molecule has 1 aromatic carbocycles. The highest BCUT2D eigenvalue weighted by molar-refractivity contribution is 7.89. The molecule has 0 saturated carbocycles. The maximum atomic E-state index is 12.9. The van der Waals surface area contributed by atoms with Gasteiger partial charge in [-0.05, 0) is 43.2 Å². The number of carbonyl (C=O) groups is 1. The molecule has 1 aliphatic heterocycles. The number of aliphatic hydroxyl groups excluding tert-OH is 1. The molecule has 1 saturated heterocycles. The maximum absolute atomic E-state index is 12.9. The zero-order valence-electron chi connectivity index (χ0n) is 14.6. The summed E-state index contributed by atoms with van der Waals surface area (Å²) in [5.74, 6) is -0.174. The van der Waals surface area contributed by atoms with Crippen LogP contribution in [0.3, 0.4) is 0 Å². The van der Waals surface area contributed by atoms with Gasteiger partial charge in [0, 0.05) is 18.7 Å². The van der Waals surface area contributed by atoms with E-state index in [0.29, 0.717) is 18.8 Å². The number of sulfonamides is 1. The Balaban J connectivity index is 1.75. The van der Waals surface area contributed by atoms with Crippen LogP contribution < -0.4 is 5.32 Å². The average molecular weight is 413 g/mol. The fourth-order valence-corrected chi connectivity index (χ4v) is 4.98. The molecule has 3 rings (SSSR count). The molecule has 7 nitrogen and oxygen atoms in total. The first kappa shape index (κ1) is 19.9. The highest BCUT2D eigenvalue weighted by Crippen LogP contribution is 2.28. The molecule has 2 N–H and O–H groups in total. The second-order valence-corrected chi connectivity index (χ2v) is 8.66. The van der Waals surface area contributed by atoms with Crippen LogP contribution >= 0.6 is 11.6 Å². The number of halogens is 1. The number of furan rings is 1. The Morgan fingerprint density at radius 3 is 2.67 bits per heavy atom. The number of nitrogens with zero attached hydrogens (tertiary/aromatic N) is 1. The van der Waals surface area contributed by atoms with Gasteiger partial charge in [0.05, 0.1) is 17.8 Å². The summed E-state index contributed by atoms with van der Waals surface area (Å²) in [6.07, 6.45) is 3.05. The molecule has 2 aromatic rings. The Morgan fingerprint density at radius 2 is 2.00 bits per heavy atom. The molecule has 1 aliphatic rings. The molecule has 1 amide bonds. The Labute approximate surface area is 163 Å². The van der Waals surface area contributed by atoms with Gasteiger partial charge in [-0.15, -0.1) is 0 Å². The zero-order chi connectivity index (χ0) is 19.4. The number of aliphatic hydroxyl groups is 1. The number of piperidine rings is 1. The van der Waals surface area contributed by atoms with Crippen molar-refractivity contribution in [3.63, 3.8) is 0 Å². The minimum absolute atomic E-state index is 0.0663. The van der Waals surface area contributed by atoms with Gasteiger partial charge in [0.2, 0.25) is 10.0 Å². The molecule has 146 valence electrons. The molecule has 0 bridgehead atoms. The van der Waals surface area contributed by atoms with Gasteiger partial charge in [-0.1, -0.05) is 18.0 Å². The first-order chi connectivity index (χ1) is 12.9. The number of benzene rings is 1. The van der Waals surface area contributed by atoms with Crippen molar-refractivity contribution in [3.8, 4) is 0 Å². The third-order valence-corrected chi connectivity index (χ3v) is 6.83. The topological polar surface area (TPSA) is 99.8 Å². The normalized spacial score (nSPS) is 16.8. The van der Waals surface area contributed by atoms with Crippen molar-refractivity contribution < 1.29 is 22.7 Å². The predicted molar refractivity (Wildman–Crippen MR) is 100 cm³/mol. The van der Waals surface area contributed by atoms with Crippen LogP contribution in [-0.4, -0.2) is 43.4 Å². The number of hydrogen-bond donors (Lipinski definition) is 2. The quantitative estimate of drug-likeness (QED) is 0.759. The fraction of sp³-hybridized carbons (Fsp3) is 0.389. The smallest absolute Gasteiger partial charge is 0.251 e. The van der Waals surface area contributed by atoms with Gasteiger partial charge in [0.15, 0.2) is 0 Å². The number of hydrogen-bond acceptors (Lipinski definition) is 5. The Kier molecular flexibility index (Phi) is 6.21. The molecule has 0 spiro atoms. The zero-order valence-corrected chi connectivity index (χ0v) is 16.2. The predicted octanol–water partition coefficient (Wildman–Crippen LogP) is 2.57. The first-order valence-corrected chi connectivity index (χ1v) is 10.5. The molecule has 0 aliphatic carbocycles. The minimum atomic E-state index is -3.76. The van der Waals surface area contributed by atoms with Crippen LogP contribution in [-0.2, 0) is 10.0 Å². The highest BCUT2D eigenvalue weighted by Gasteiger charge is 2.28. The molecule has 2 heterocycles. The van der Waals surface area contributed by atoms with E-state index < -0.39 is 22.0 Å². The van der Waals surface area contributed by atoms with Gasteiger partial charge in [0.1, 0.15) is 16.8 Å². The van der Waals surface area contributed by atoms with Crippen molar-refractivity contribution in [3.05, 3.63) is 52.9 Å². The van der Waals surface area contributed by atoms with E-state index in [1.807, 2.05) is 0 Å². The molecule has 1 fully saturated rings. The van der Waals surface area contributed by atoms with E-state index in [9.17, 15) is 18.3 Å². The van der Waals surface area contributed by atoms with E-state index in [4.69, 9.17) is 16.0 Å². The van der Waals surface area contributed by atoms with Crippen LogP contribution in [0.15, 0.2) is 45.9 Å². The van der Waals surface area contributed by atoms with E-state index >= 15 is 0 Å². The molecule has 0 radical (unpaired) electrons. The maximum Gasteiger partial charge on any atom is 0.251 e. The third-order valence-electron chi connectivity index (χ3n) is 4.45. The second-order valence-electron chi connectivity index (χ2n) is 6.35. The lowest BCUT2D eigenvalue weighted by molar-refractivity contribution is 0.0901. The van der Waals surface area contributed by atoms with Gasteiger partial charge >= 0.3 is 0 Å². The highest BCUT2D eigenvalue weighted by atomic mass is 35.5. The van der Waals surface area contributed by atoms with Gasteiger partial charge in [-0.25, -0.2) is 8.42 Å². The Bertz CT molecular complexity index is 892. The van der Waals surface area contributed by atoms with Gasteiger partial charge in [-0.3, -0.25) is 4.79 Å². The number of rotatable bonds is 6.